The number of hydrogen-bond donors (Lipinski definition) is 2. The number of carbonyl (C=O) groups excluding carboxylic acids is 3. The standard InChI is InChI=1S/C12H13ClN2O3/c1-8(16)9-3-2-4-10(7-9)15-12(18)11(17)14-6-5-13/h2-4,7H,5-6H2,1H3,(H,14,17)(H,15,18). The molecular weight excluding hydrogens is 256 g/mol. The molecule has 2 amide bonds. The Hall–Kier alpha value is -1.88. The first kappa shape index (κ1) is 14.2. The van der Waals surface area contributed by atoms with E-state index in [1.54, 1.807) is 18.2 Å². The van der Waals surface area contributed by atoms with Crippen LogP contribution in [0.5, 0.6) is 0 Å². The van der Waals surface area contributed by atoms with Gasteiger partial charge >= 0.3 is 11.8 Å². The summed E-state index contributed by atoms with van der Waals surface area (Å²) in [6.45, 7) is 1.65. The number of alkyl halides is 1. The lowest BCUT2D eigenvalue weighted by Gasteiger charge is -2.06. The molecule has 1 rings (SSSR count). The fourth-order valence-electron chi connectivity index (χ4n) is 1.24. The third kappa shape index (κ3) is 4.18. The van der Waals surface area contributed by atoms with Gasteiger partial charge in [0, 0.05) is 23.7 Å². The second kappa shape index (κ2) is 6.76. The lowest BCUT2D eigenvalue weighted by atomic mass is 10.1. The van der Waals surface area contributed by atoms with Crippen molar-refractivity contribution >= 4 is 34.9 Å². The van der Waals surface area contributed by atoms with E-state index in [9.17, 15) is 14.4 Å². The number of benzene rings is 1. The van der Waals surface area contributed by atoms with Crippen molar-refractivity contribution in [1.29, 1.82) is 0 Å². The molecule has 0 saturated carbocycles. The number of Topliss-reactive ketones (excluding diaryl/α,β-unsaturated/α-hetero) is 1. The number of ketones is 1. The number of amides is 2. The molecule has 0 saturated heterocycles. The molecule has 18 heavy (non-hydrogen) atoms. The highest BCUT2D eigenvalue weighted by Gasteiger charge is 2.13. The molecule has 96 valence electrons. The van der Waals surface area contributed by atoms with Crippen LogP contribution < -0.4 is 10.6 Å². The van der Waals surface area contributed by atoms with Crippen LogP contribution in [0, 0.1) is 0 Å². The quantitative estimate of drug-likeness (QED) is 0.489. The summed E-state index contributed by atoms with van der Waals surface area (Å²) in [6.07, 6.45) is 0. The molecule has 0 heterocycles. The average Bonchev–Trinajstić information content (AvgIpc) is 2.36. The third-order valence-corrected chi connectivity index (χ3v) is 2.30. The maximum Gasteiger partial charge on any atom is 0.313 e. The molecule has 0 unspecified atom stereocenters. The van der Waals surface area contributed by atoms with Gasteiger partial charge < -0.3 is 10.6 Å². The SMILES string of the molecule is CC(=O)c1cccc(NC(=O)C(=O)NCCCl)c1. The molecule has 0 aromatic heterocycles. The van der Waals surface area contributed by atoms with E-state index in [0.717, 1.165) is 0 Å². The van der Waals surface area contributed by atoms with Gasteiger partial charge in [-0.25, -0.2) is 0 Å². The van der Waals surface area contributed by atoms with Crippen LogP contribution in [0.3, 0.4) is 0 Å². The summed E-state index contributed by atoms with van der Waals surface area (Å²) in [5.74, 6) is -1.43. The molecule has 0 bridgehead atoms. The molecule has 0 aliphatic heterocycles. The van der Waals surface area contributed by atoms with Gasteiger partial charge in [-0.1, -0.05) is 12.1 Å². The van der Waals surface area contributed by atoms with Crippen LogP contribution >= 0.6 is 11.6 Å². The normalized spacial score (nSPS) is 9.67. The van der Waals surface area contributed by atoms with Gasteiger partial charge in [-0.15, -0.1) is 11.6 Å². The van der Waals surface area contributed by atoms with Gasteiger partial charge in [0.05, 0.1) is 0 Å². The molecule has 2 N–H and O–H groups in total. The van der Waals surface area contributed by atoms with Crippen LogP contribution in [0.15, 0.2) is 24.3 Å². The zero-order valence-electron chi connectivity index (χ0n) is 9.83. The minimum absolute atomic E-state index is 0.113. The van der Waals surface area contributed by atoms with Crippen LogP contribution in [-0.4, -0.2) is 30.0 Å². The van der Waals surface area contributed by atoms with Gasteiger partial charge in [0.25, 0.3) is 0 Å². The Kier molecular flexibility index (Phi) is 5.32. The highest BCUT2D eigenvalue weighted by Crippen LogP contribution is 2.10. The summed E-state index contributed by atoms with van der Waals surface area (Å²) in [4.78, 5) is 33.9. The van der Waals surface area contributed by atoms with E-state index in [0.29, 0.717) is 11.3 Å². The summed E-state index contributed by atoms with van der Waals surface area (Å²) in [5.41, 5.74) is 0.864. The van der Waals surface area contributed by atoms with Crippen LogP contribution in [0.2, 0.25) is 0 Å². The van der Waals surface area contributed by atoms with Crippen molar-refractivity contribution in [3.63, 3.8) is 0 Å². The molecular formula is C12H13ClN2O3. The molecule has 5 nitrogen and oxygen atoms in total. The number of rotatable bonds is 4. The summed E-state index contributed by atoms with van der Waals surface area (Å²) in [6, 6.07) is 6.36. The first-order chi connectivity index (χ1) is 8.54. The Morgan fingerprint density at radius 1 is 1.22 bits per heavy atom. The maximum atomic E-state index is 11.4. The van der Waals surface area contributed by atoms with Gasteiger partial charge in [-0.3, -0.25) is 14.4 Å². The van der Waals surface area contributed by atoms with E-state index < -0.39 is 11.8 Å². The van der Waals surface area contributed by atoms with Crippen LogP contribution in [0.25, 0.3) is 0 Å². The summed E-state index contributed by atoms with van der Waals surface area (Å²) >= 11 is 5.38. The second-order valence-electron chi connectivity index (χ2n) is 3.54. The Morgan fingerprint density at radius 2 is 1.94 bits per heavy atom. The van der Waals surface area contributed by atoms with E-state index in [-0.39, 0.29) is 18.2 Å². The molecule has 0 spiro atoms. The van der Waals surface area contributed by atoms with E-state index in [2.05, 4.69) is 10.6 Å². The van der Waals surface area contributed by atoms with Gasteiger partial charge in [-0.05, 0) is 19.1 Å². The Bertz CT molecular complexity index is 474. The molecule has 6 heteroatoms. The zero-order valence-corrected chi connectivity index (χ0v) is 10.6. The van der Waals surface area contributed by atoms with Crippen molar-refractivity contribution < 1.29 is 14.4 Å². The monoisotopic (exact) mass is 268 g/mol. The van der Waals surface area contributed by atoms with Crippen molar-refractivity contribution in [2.45, 2.75) is 6.92 Å². The summed E-state index contributed by atoms with van der Waals surface area (Å²) in [7, 11) is 0. The number of nitrogens with one attached hydrogen (secondary N) is 2. The van der Waals surface area contributed by atoms with Crippen LogP contribution in [0.1, 0.15) is 17.3 Å². The fraction of sp³-hybridized carbons (Fsp3) is 0.250. The molecule has 1 aromatic carbocycles. The Morgan fingerprint density at radius 3 is 2.56 bits per heavy atom. The van der Waals surface area contributed by atoms with Crippen molar-refractivity contribution in [1.82, 2.24) is 5.32 Å². The number of hydrogen-bond acceptors (Lipinski definition) is 3. The zero-order chi connectivity index (χ0) is 13.5. The van der Waals surface area contributed by atoms with Crippen LogP contribution in [-0.2, 0) is 9.59 Å². The number of halogens is 1. The summed E-state index contributed by atoms with van der Waals surface area (Å²) < 4.78 is 0. The van der Waals surface area contributed by atoms with Crippen molar-refractivity contribution in [3.8, 4) is 0 Å². The maximum absolute atomic E-state index is 11.4. The van der Waals surface area contributed by atoms with Crippen LogP contribution in [0.4, 0.5) is 5.69 Å². The fourth-order valence-corrected chi connectivity index (χ4v) is 1.34. The molecule has 0 radical (unpaired) electrons. The first-order valence-corrected chi connectivity index (χ1v) is 5.84. The minimum atomic E-state index is -0.791. The molecule has 0 atom stereocenters. The predicted molar refractivity (Wildman–Crippen MR) is 68.8 cm³/mol. The minimum Gasteiger partial charge on any atom is -0.347 e. The number of carbonyl (C=O) groups is 3. The highest BCUT2D eigenvalue weighted by molar-refractivity contribution is 6.39. The third-order valence-electron chi connectivity index (χ3n) is 2.11. The Balaban J connectivity index is 2.67. The van der Waals surface area contributed by atoms with Gasteiger partial charge in [0.1, 0.15) is 0 Å². The first-order valence-electron chi connectivity index (χ1n) is 5.30. The van der Waals surface area contributed by atoms with Crippen molar-refractivity contribution in [2.24, 2.45) is 0 Å². The topological polar surface area (TPSA) is 75.3 Å². The lowest BCUT2D eigenvalue weighted by Crippen LogP contribution is -2.36. The lowest BCUT2D eigenvalue weighted by molar-refractivity contribution is -0.136. The van der Waals surface area contributed by atoms with Gasteiger partial charge in [-0.2, -0.15) is 0 Å². The van der Waals surface area contributed by atoms with E-state index in [4.69, 9.17) is 11.6 Å². The summed E-state index contributed by atoms with van der Waals surface area (Å²) in [5, 5.41) is 4.74. The van der Waals surface area contributed by atoms with Crippen molar-refractivity contribution in [3.05, 3.63) is 29.8 Å². The predicted octanol–water partition coefficient (Wildman–Crippen LogP) is 1.18. The smallest absolute Gasteiger partial charge is 0.313 e. The van der Waals surface area contributed by atoms with Gasteiger partial charge in [0.2, 0.25) is 0 Å². The number of anilines is 1. The highest BCUT2D eigenvalue weighted by atomic mass is 35.5. The Labute approximate surface area is 110 Å². The molecule has 0 aliphatic carbocycles. The van der Waals surface area contributed by atoms with Gasteiger partial charge in [0.15, 0.2) is 5.78 Å². The van der Waals surface area contributed by atoms with E-state index >= 15 is 0 Å². The molecule has 1 aromatic rings. The van der Waals surface area contributed by atoms with E-state index in [1.807, 2.05) is 0 Å². The van der Waals surface area contributed by atoms with E-state index in [1.165, 1.54) is 13.0 Å². The molecule has 0 aliphatic rings. The average molecular weight is 269 g/mol. The largest absolute Gasteiger partial charge is 0.347 e. The second-order valence-corrected chi connectivity index (χ2v) is 3.91. The molecule has 0 fully saturated rings. The van der Waals surface area contributed by atoms with Crippen molar-refractivity contribution in [2.75, 3.05) is 17.7 Å².